The van der Waals surface area contributed by atoms with Crippen LogP contribution in [0.25, 0.3) is 0 Å². The number of benzene rings is 1. The summed E-state index contributed by atoms with van der Waals surface area (Å²) < 4.78 is 0. The number of nitrogens with one attached hydrogen (secondary N) is 2. The largest absolute Gasteiger partial charge is 0.336 e. The van der Waals surface area contributed by atoms with E-state index < -0.39 is 0 Å². The first-order valence-corrected chi connectivity index (χ1v) is 5.90. The fourth-order valence-corrected chi connectivity index (χ4v) is 1.46. The van der Waals surface area contributed by atoms with Crippen LogP contribution in [0.4, 0.5) is 10.5 Å². The average Bonchev–Trinajstić information content (AvgIpc) is 2.26. The van der Waals surface area contributed by atoms with Crippen molar-refractivity contribution in [2.75, 3.05) is 11.9 Å². The molecule has 0 atom stereocenters. The molecule has 0 unspecified atom stereocenters. The maximum atomic E-state index is 11.5. The molecule has 1 aromatic rings. The molecule has 4 nitrogen and oxygen atoms in total. The predicted molar refractivity (Wildman–Crippen MR) is 74.4 cm³/mol. The molecule has 0 fully saturated rings. The maximum absolute atomic E-state index is 11.5. The van der Waals surface area contributed by atoms with Crippen LogP contribution in [0.3, 0.4) is 0 Å². The molecular weight excluding hydrogens is 226 g/mol. The highest BCUT2D eigenvalue weighted by Crippen LogP contribution is 2.14. The number of carbonyl (C=O) groups excluding carboxylic acids is 1. The van der Waals surface area contributed by atoms with E-state index in [9.17, 15) is 4.79 Å². The molecule has 2 amide bonds. The second kappa shape index (κ2) is 6.67. The topological polar surface area (TPSA) is 67.2 Å². The van der Waals surface area contributed by atoms with Gasteiger partial charge in [-0.2, -0.15) is 0 Å². The van der Waals surface area contributed by atoms with Crippen LogP contribution in [-0.2, 0) is 0 Å². The molecule has 4 heteroatoms. The van der Waals surface area contributed by atoms with Crippen LogP contribution in [0.5, 0.6) is 0 Å². The van der Waals surface area contributed by atoms with Crippen molar-refractivity contribution in [1.82, 2.24) is 5.32 Å². The number of hydrogen-bond acceptors (Lipinski definition) is 2. The van der Waals surface area contributed by atoms with Crippen molar-refractivity contribution in [2.24, 2.45) is 5.73 Å². The molecule has 0 heterocycles. The highest BCUT2D eigenvalue weighted by Gasteiger charge is 2.04. The minimum atomic E-state index is -0.204. The fraction of sp³-hybridized carbons (Fsp3) is 0.357. The molecule has 18 heavy (non-hydrogen) atoms. The van der Waals surface area contributed by atoms with E-state index in [1.54, 1.807) is 0 Å². The number of urea groups is 1. The normalized spacial score (nSPS) is 9.61. The van der Waals surface area contributed by atoms with E-state index in [1.807, 2.05) is 39.0 Å². The number of hydrogen-bond donors (Lipinski definition) is 3. The Bertz CT molecular complexity index is 484. The molecule has 4 N–H and O–H groups in total. The third kappa shape index (κ3) is 4.48. The Balaban J connectivity index is 2.75. The van der Waals surface area contributed by atoms with E-state index in [4.69, 9.17) is 5.73 Å². The van der Waals surface area contributed by atoms with Crippen molar-refractivity contribution in [2.45, 2.75) is 26.8 Å². The van der Waals surface area contributed by atoms with Crippen LogP contribution in [-0.4, -0.2) is 18.6 Å². The molecule has 0 radical (unpaired) electrons. The SMILES string of the molecule is Cc1cc(NC(=O)NC(C)C)ccc1C#CCN. The van der Waals surface area contributed by atoms with Gasteiger partial charge in [-0.15, -0.1) is 0 Å². The van der Waals surface area contributed by atoms with E-state index in [1.165, 1.54) is 0 Å². The monoisotopic (exact) mass is 245 g/mol. The lowest BCUT2D eigenvalue weighted by Crippen LogP contribution is -2.34. The van der Waals surface area contributed by atoms with Gasteiger partial charge in [-0.3, -0.25) is 0 Å². The van der Waals surface area contributed by atoms with E-state index in [0.29, 0.717) is 6.54 Å². The van der Waals surface area contributed by atoms with Gasteiger partial charge in [-0.05, 0) is 44.5 Å². The van der Waals surface area contributed by atoms with Crippen LogP contribution in [0.2, 0.25) is 0 Å². The molecule has 0 aliphatic rings. The standard InChI is InChI=1S/C14H19N3O/c1-10(2)16-14(18)17-13-7-6-12(5-4-8-15)11(3)9-13/h6-7,9-10H,8,15H2,1-3H3,(H2,16,17,18). The molecule has 96 valence electrons. The Morgan fingerprint density at radius 2 is 2.17 bits per heavy atom. The molecule has 0 aromatic heterocycles. The lowest BCUT2D eigenvalue weighted by Gasteiger charge is -2.11. The van der Waals surface area contributed by atoms with Gasteiger partial charge in [0.15, 0.2) is 0 Å². The molecule has 1 aromatic carbocycles. The number of aryl methyl sites for hydroxylation is 1. The van der Waals surface area contributed by atoms with Crippen molar-refractivity contribution in [3.05, 3.63) is 29.3 Å². The lowest BCUT2D eigenvalue weighted by molar-refractivity contribution is 0.250. The van der Waals surface area contributed by atoms with Crippen LogP contribution in [0.1, 0.15) is 25.0 Å². The Morgan fingerprint density at radius 1 is 1.44 bits per heavy atom. The number of nitrogens with two attached hydrogens (primary N) is 1. The first kappa shape index (κ1) is 14.1. The van der Waals surface area contributed by atoms with Gasteiger partial charge < -0.3 is 16.4 Å². The Kier molecular flexibility index (Phi) is 5.22. The molecule has 0 saturated carbocycles. The summed E-state index contributed by atoms with van der Waals surface area (Å²) in [7, 11) is 0. The number of amides is 2. The molecule has 0 bridgehead atoms. The Labute approximate surface area is 108 Å². The summed E-state index contributed by atoms with van der Waals surface area (Å²) in [5, 5.41) is 5.54. The van der Waals surface area contributed by atoms with Crippen molar-refractivity contribution in [1.29, 1.82) is 0 Å². The van der Waals surface area contributed by atoms with Gasteiger partial charge in [-0.1, -0.05) is 11.8 Å². The third-order valence-electron chi connectivity index (χ3n) is 2.23. The van der Waals surface area contributed by atoms with Crippen molar-refractivity contribution in [3.8, 4) is 11.8 Å². The average molecular weight is 245 g/mol. The highest BCUT2D eigenvalue weighted by molar-refractivity contribution is 5.89. The third-order valence-corrected chi connectivity index (χ3v) is 2.23. The molecule has 0 aliphatic carbocycles. The van der Waals surface area contributed by atoms with Crippen molar-refractivity contribution in [3.63, 3.8) is 0 Å². The Hall–Kier alpha value is -1.99. The summed E-state index contributed by atoms with van der Waals surface area (Å²) >= 11 is 0. The zero-order valence-corrected chi connectivity index (χ0v) is 11.0. The number of anilines is 1. The summed E-state index contributed by atoms with van der Waals surface area (Å²) in [6.07, 6.45) is 0. The second-order valence-corrected chi connectivity index (χ2v) is 4.29. The van der Waals surface area contributed by atoms with Gasteiger partial charge in [0.1, 0.15) is 0 Å². The smallest absolute Gasteiger partial charge is 0.319 e. The zero-order valence-electron chi connectivity index (χ0n) is 11.0. The van der Waals surface area contributed by atoms with Crippen molar-refractivity contribution < 1.29 is 4.79 Å². The molecule has 0 spiro atoms. The zero-order chi connectivity index (χ0) is 13.5. The van der Waals surface area contributed by atoms with Gasteiger partial charge in [0.05, 0.1) is 6.54 Å². The van der Waals surface area contributed by atoms with Crippen LogP contribution < -0.4 is 16.4 Å². The number of rotatable bonds is 2. The molecule has 1 rings (SSSR count). The van der Waals surface area contributed by atoms with E-state index in [-0.39, 0.29) is 12.1 Å². The lowest BCUT2D eigenvalue weighted by atomic mass is 10.1. The summed E-state index contributed by atoms with van der Waals surface area (Å²) in [5.41, 5.74) is 8.02. The van der Waals surface area contributed by atoms with E-state index >= 15 is 0 Å². The molecule has 0 aliphatic heterocycles. The van der Waals surface area contributed by atoms with E-state index in [2.05, 4.69) is 22.5 Å². The summed E-state index contributed by atoms with van der Waals surface area (Å²) in [6.45, 7) is 6.12. The quantitative estimate of drug-likeness (QED) is 0.696. The minimum Gasteiger partial charge on any atom is -0.336 e. The number of carbonyl (C=O) groups is 1. The second-order valence-electron chi connectivity index (χ2n) is 4.29. The van der Waals surface area contributed by atoms with Crippen LogP contribution >= 0.6 is 0 Å². The van der Waals surface area contributed by atoms with Crippen LogP contribution in [0.15, 0.2) is 18.2 Å². The summed E-state index contributed by atoms with van der Waals surface area (Å²) in [4.78, 5) is 11.5. The van der Waals surface area contributed by atoms with Gasteiger partial charge in [-0.25, -0.2) is 4.79 Å². The van der Waals surface area contributed by atoms with Crippen molar-refractivity contribution >= 4 is 11.7 Å². The summed E-state index contributed by atoms with van der Waals surface area (Å²) in [6, 6.07) is 5.50. The predicted octanol–water partition coefficient (Wildman–Crippen LogP) is 1.84. The Morgan fingerprint density at radius 3 is 2.72 bits per heavy atom. The fourth-order valence-electron chi connectivity index (χ4n) is 1.46. The molecule has 0 saturated heterocycles. The van der Waals surface area contributed by atoms with Gasteiger partial charge in [0.25, 0.3) is 0 Å². The van der Waals surface area contributed by atoms with E-state index in [0.717, 1.165) is 16.8 Å². The molecular formula is C14H19N3O. The van der Waals surface area contributed by atoms with Gasteiger partial charge in [0.2, 0.25) is 0 Å². The minimum absolute atomic E-state index is 0.112. The maximum Gasteiger partial charge on any atom is 0.319 e. The first-order chi connectivity index (χ1) is 8.52. The van der Waals surface area contributed by atoms with Gasteiger partial charge >= 0.3 is 6.03 Å². The first-order valence-electron chi connectivity index (χ1n) is 5.90. The van der Waals surface area contributed by atoms with Crippen LogP contribution in [0, 0.1) is 18.8 Å². The highest BCUT2D eigenvalue weighted by atomic mass is 16.2. The van der Waals surface area contributed by atoms with Gasteiger partial charge in [0, 0.05) is 17.3 Å². The summed E-state index contributed by atoms with van der Waals surface area (Å²) in [5.74, 6) is 5.79.